The van der Waals surface area contributed by atoms with Crippen molar-refractivity contribution < 1.29 is 0 Å². The number of anilines is 3. The second-order valence-electron chi connectivity index (χ2n) is 15.6. The molecule has 0 spiro atoms. The molecule has 0 unspecified atom stereocenters. The van der Waals surface area contributed by atoms with E-state index in [4.69, 9.17) is 0 Å². The molecule has 1 heterocycles. The van der Waals surface area contributed by atoms with Crippen molar-refractivity contribution in [2.45, 2.75) is 0 Å². The van der Waals surface area contributed by atoms with E-state index in [1.807, 2.05) is 0 Å². The fourth-order valence-electron chi connectivity index (χ4n) is 9.71. The van der Waals surface area contributed by atoms with Crippen LogP contribution in [0.2, 0.25) is 0 Å². The Kier molecular flexibility index (Phi) is 7.89. The number of hydrogen-bond acceptors (Lipinski definition) is 1. The third-order valence-electron chi connectivity index (χ3n) is 12.3. The fourth-order valence-corrected chi connectivity index (χ4v) is 9.71. The Hall–Kier alpha value is -7.94. The quantitative estimate of drug-likeness (QED) is 0.153. The second kappa shape index (κ2) is 13.9. The first-order chi connectivity index (χ1) is 29.8. The van der Waals surface area contributed by atoms with Gasteiger partial charge in [0.1, 0.15) is 0 Å². The van der Waals surface area contributed by atoms with Gasteiger partial charge in [-0.1, -0.05) is 188 Å². The highest BCUT2D eigenvalue weighted by molar-refractivity contribution is 6.23. The van der Waals surface area contributed by atoms with E-state index in [1.54, 1.807) is 0 Å². The van der Waals surface area contributed by atoms with E-state index >= 15 is 0 Å². The summed E-state index contributed by atoms with van der Waals surface area (Å²) in [5.74, 6) is 0. The van der Waals surface area contributed by atoms with Gasteiger partial charge in [-0.15, -0.1) is 0 Å². The average Bonchev–Trinajstić information content (AvgIpc) is 3.66. The summed E-state index contributed by atoms with van der Waals surface area (Å²) in [5.41, 5.74) is 11.7. The van der Waals surface area contributed by atoms with Gasteiger partial charge >= 0.3 is 0 Å². The predicted octanol–water partition coefficient (Wildman–Crippen LogP) is 16.2. The van der Waals surface area contributed by atoms with E-state index in [2.05, 4.69) is 240 Å². The van der Waals surface area contributed by atoms with E-state index in [0.717, 1.165) is 28.3 Å². The van der Waals surface area contributed by atoms with Crippen LogP contribution in [0.1, 0.15) is 0 Å². The molecule has 0 aliphatic carbocycles. The molecule has 1 aromatic heterocycles. The summed E-state index contributed by atoms with van der Waals surface area (Å²) in [5, 5.41) is 12.2. The molecule has 0 fully saturated rings. The smallest absolute Gasteiger partial charge is 0.0782 e. The maximum absolute atomic E-state index is 2.49. The molecule has 280 valence electrons. The van der Waals surface area contributed by atoms with Crippen LogP contribution in [-0.4, -0.2) is 4.57 Å². The molecule has 0 N–H and O–H groups in total. The first kappa shape index (κ1) is 34.1. The van der Waals surface area contributed by atoms with Crippen LogP contribution in [0.5, 0.6) is 0 Å². The minimum absolute atomic E-state index is 1.09. The van der Waals surface area contributed by atoms with Crippen molar-refractivity contribution in [3.05, 3.63) is 231 Å². The maximum atomic E-state index is 2.49. The van der Waals surface area contributed by atoms with E-state index in [-0.39, 0.29) is 0 Å². The topological polar surface area (TPSA) is 8.17 Å². The van der Waals surface area contributed by atoms with Crippen molar-refractivity contribution in [3.8, 4) is 27.9 Å². The van der Waals surface area contributed by atoms with Crippen molar-refractivity contribution in [1.82, 2.24) is 4.57 Å². The van der Waals surface area contributed by atoms with Crippen molar-refractivity contribution in [2.75, 3.05) is 4.90 Å². The van der Waals surface area contributed by atoms with Crippen molar-refractivity contribution in [2.24, 2.45) is 0 Å². The summed E-state index contributed by atoms with van der Waals surface area (Å²) in [6.07, 6.45) is 0. The minimum Gasteiger partial charge on any atom is -0.308 e. The number of fused-ring (bicyclic) bond motifs is 8. The Balaban J connectivity index is 1.22. The number of para-hydroxylation sites is 2. The summed E-state index contributed by atoms with van der Waals surface area (Å²) in [4.78, 5) is 2.49. The van der Waals surface area contributed by atoms with Crippen molar-refractivity contribution in [1.29, 1.82) is 0 Å². The lowest BCUT2D eigenvalue weighted by atomic mass is 9.85. The second-order valence-corrected chi connectivity index (χ2v) is 15.6. The zero-order valence-corrected chi connectivity index (χ0v) is 32.8. The molecular formula is C58H38N2. The van der Waals surface area contributed by atoms with Crippen LogP contribution in [0.15, 0.2) is 231 Å². The van der Waals surface area contributed by atoms with Gasteiger partial charge in [-0.3, -0.25) is 0 Å². The molecule has 0 atom stereocenters. The summed E-state index contributed by atoms with van der Waals surface area (Å²) in [6, 6.07) is 84.5. The molecule has 0 radical (unpaired) electrons. The number of aromatic nitrogens is 1. The largest absolute Gasteiger partial charge is 0.308 e. The molecule has 12 aromatic rings. The van der Waals surface area contributed by atoms with E-state index < -0.39 is 0 Å². The van der Waals surface area contributed by atoms with Gasteiger partial charge in [-0.05, 0) is 102 Å². The Morgan fingerprint density at radius 2 is 0.833 bits per heavy atom. The lowest BCUT2D eigenvalue weighted by Crippen LogP contribution is -2.12. The Morgan fingerprint density at radius 3 is 1.62 bits per heavy atom. The van der Waals surface area contributed by atoms with Crippen LogP contribution >= 0.6 is 0 Å². The van der Waals surface area contributed by atoms with Gasteiger partial charge in [-0.25, -0.2) is 0 Å². The Labute approximate surface area is 348 Å². The Morgan fingerprint density at radius 1 is 0.300 bits per heavy atom. The Bertz CT molecular complexity index is 3600. The molecule has 0 saturated heterocycles. The molecule has 2 nitrogen and oxygen atoms in total. The van der Waals surface area contributed by atoms with E-state index in [9.17, 15) is 0 Å². The van der Waals surface area contributed by atoms with Crippen LogP contribution in [0, 0.1) is 0 Å². The molecule has 0 aliphatic heterocycles. The van der Waals surface area contributed by atoms with Gasteiger partial charge in [0, 0.05) is 27.5 Å². The van der Waals surface area contributed by atoms with Crippen LogP contribution in [-0.2, 0) is 0 Å². The maximum Gasteiger partial charge on any atom is 0.0782 e. The highest BCUT2D eigenvalue weighted by Crippen LogP contribution is 2.49. The molecule has 0 saturated carbocycles. The average molecular weight is 763 g/mol. The number of benzene rings is 11. The van der Waals surface area contributed by atoms with Gasteiger partial charge in [0.15, 0.2) is 0 Å². The molecule has 2 heteroatoms. The third-order valence-corrected chi connectivity index (χ3v) is 12.3. The lowest BCUT2D eigenvalue weighted by Gasteiger charge is -2.28. The highest BCUT2D eigenvalue weighted by Gasteiger charge is 2.24. The third kappa shape index (κ3) is 5.35. The molecule has 0 amide bonds. The molecule has 60 heavy (non-hydrogen) atoms. The monoisotopic (exact) mass is 762 g/mol. The minimum atomic E-state index is 1.09. The van der Waals surface area contributed by atoms with Gasteiger partial charge < -0.3 is 9.47 Å². The van der Waals surface area contributed by atoms with Gasteiger partial charge in [0.05, 0.1) is 22.4 Å². The van der Waals surface area contributed by atoms with Crippen molar-refractivity contribution >= 4 is 82.0 Å². The standard InChI is InChI=1S/C58H38N2/c1-3-19-41(20-4-1)56-50-28-12-11-26-47(50)48-36-35-45(38-52(48)57(56)42-21-5-2-6-22-42)59(44-34-33-39-17-7-8-23-43(39)37-44)55-32-16-29-51-49-27-13-14-30-54(49)60(58(51)55)53-31-15-24-40-18-9-10-25-46(40)53/h1-38H. The van der Waals surface area contributed by atoms with E-state index in [0.29, 0.717) is 0 Å². The number of nitrogens with zero attached hydrogens (tertiary/aromatic N) is 2. The fraction of sp³-hybridized carbons (Fsp3) is 0. The van der Waals surface area contributed by atoms with Gasteiger partial charge in [-0.2, -0.15) is 0 Å². The summed E-state index contributed by atoms with van der Waals surface area (Å²) in [6.45, 7) is 0. The van der Waals surface area contributed by atoms with Crippen LogP contribution in [0.4, 0.5) is 17.1 Å². The zero-order chi connectivity index (χ0) is 39.6. The number of hydrogen-bond donors (Lipinski definition) is 0. The SMILES string of the molecule is c1ccc(-c2c(-c3ccccc3)c3cc(N(c4ccc5ccccc5c4)c4cccc5c6ccccc6n(-c6cccc7ccccc67)c45)ccc3c3ccccc23)cc1. The molecule has 12 rings (SSSR count). The summed E-state index contributed by atoms with van der Waals surface area (Å²) in [7, 11) is 0. The van der Waals surface area contributed by atoms with Crippen LogP contribution in [0.25, 0.3) is 92.8 Å². The molecule has 0 aliphatic rings. The van der Waals surface area contributed by atoms with Crippen molar-refractivity contribution in [3.63, 3.8) is 0 Å². The first-order valence-electron chi connectivity index (χ1n) is 20.7. The van der Waals surface area contributed by atoms with Crippen LogP contribution < -0.4 is 4.90 Å². The zero-order valence-electron chi connectivity index (χ0n) is 32.8. The number of rotatable bonds is 6. The first-order valence-corrected chi connectivity index (χ1v) is 20.7. The summed E-state index contributed by atoms with van der Waals surface area (Å²) >= 11 is 0. The summed E-state index contributed by atoms with van der Waals surface area (Å²) < 4.78 is 2.49. The van der Waals surface area contributed by atoms with Crippen LogP contribution in [0.3, 0.4) is 0 Å². The molecule has 11 aromatic carbocycles. The molecule has 0 bridgehead atoms. The normalized spacial score (nSPS) is 11.7. The highest BCUT2D eigenvalue weighted by atomic mass is 15.2. The van der Waals surface area contributed by atoms with Gasteiger partial charge in [0.25, 0.3) is 0 Å². The predicted molar refractivity (Wildman–Crippen MR) is 256 cm³/mol. The lowest BCUT2D eigenvalue weighted by molar-refractivity contribution is 1.18. The van der Waals surface area contributed by atoms with E-state index in [1.165, 1.54) is 81.6 Å². The molecular weight excluding hydrogens is 725 g/mol. The van der Waals surface area contributed by atoms with Gasteiger partial charge in [0.2, 0.25) is 0 Å².